The lowest BCUT2D eigenvalue weighted by molar-refractivity contribution is 0.274. The molecule has 1 heterocycles. The van der Waals surface area contributed by atoms with Crippen LogP contribution in [0, 0.1) is 5.82 Å². The lowest BCUT2D eigenvalue weighted by Gasteiger charge is -2.10. The molecule has 1 aromatic heterocycles. The second-order valence-electron chi connectivity index (χ2n) is 3.95. The van der Waals surface area contributed by atoms with Crippen molar-refractivity contribution in [3.63, 3.8) is 0 Å². The van der Waals surface area contributed by atoms with Crippen LogP contribution in [0.2, 0.25) is 5.02 Å². The first-order valence-corrected chi connectivity index (χ1v) is 7.37. The molecule has 0 spiro atoms. The third-order valence-electron chi connectivity index (χ3n) is 2.46. The maximum absolute atomic E-state index is 14.0. The Labute approximate surface area is 123 Å². The maximum atomic E-state index is 14.0. The monoisotopic (exact) mass is 333 g/mol. The smallest absolute Gasteiger partial charge is 0.266 e. The lowest BCUT2D eigenvalue weighted by atomic mass is 10.2. The number of H-pyrrole nitrogens is 1. The molecule has 112 valence electrons. The average molecular weight is 334 g/mol. The van der Waals surface area contributed by atoms with Crippen molar-refractivity contribution in [1.82, 2.24) is 10.2 Å². The first-order chi connectivity index (χ1) is 9.83. The SMILES string of the molecule is O=c1ccc(NS(=O)(=O)c2cc(Cl)cc(CO)c2F)n[nH]1. The van der Waals surface area contributed by atoms with Crippen LogP contribution in [0.15, 0.2) is 34.0 Å². The molecular weight excluding hydrogens is 325 g/mol. The van der Waals surface area contributed by atoms with E-state index in [1.165, 1.54) is 0 Å². The zero-order valence-electron chi connectivity index (χ0n) is 10.3. The third kappa shape index (κ3) is 3.38. The minimum atomic E-state index is -4.32. The number of hydrogen-bond acceptors (Lipinski definition) is 5. The van der Waals surface area contributed by atoms with Gasteiger partial charge in [-0.2, -0.15) is 5.10 Å². The normalized spacial score (nSPS) is 11.4. The summed E-state index contributed by atoms with van der Waals surface area (Å²) in [7, 11) is -4.32. The van der Waals surface area contributed by atoms with Crippen molar-refractivity contribution < 1.29 is 17.9 Å². The van der Waals surface area contributed by atoms with Crippen LogP contribution in [0.5, 0.6) is 0 Å². The molecule has 0 radical (unpaired) electrons. The van der Waals surface area contributed by atoms with Gasteiger partial charge in [-0.15, -0.1) is 0 Å². The van der Waals surface area contributed by atoms with E-state index in [2.05, 4.69) is 5.10 Å². The number of rotatable bonds is 4. The van der Waals surface area contributed by atoms with Gasteiger partial charge in [0.1, 0.15) is 10.7 Å². The highest BCUT2D eigenvalue weighted by Gasteiger charge is 2.23. The highest BCUT2D eigenvalue weighted by atomic mass is 35.5. The van der Waals surface area contributed by atoms with Gasteiger partial charge < -0.3 is 5.11 Å². The van der Waals surface area contributed by atoms with E-state index in [4.69, 9.17) is 16.7 Å². The van der Waals surface area contributed by atoms with Crippen molar-refractivity contribution in [3.8, 4) is 0 Å². The number of hydrogen-bond donors (Lipinski definition) is 3. The molecule has 0 atom stereocenters. The summed E-state index contributed by atoms with van der Waals surface area (Å²) in [5.74, 6) is -1.31. The van der Waals surface area contributed by atoms with Crippen LogP contribution in [-0.4, -0.2) is 23.7 Å². The van der Waals surface area contributed by atoms with E-state index >= 15 is 0 Å². The number of nitrogens with zero attached hydrogens (tertiary/aromatic N) is 1. The number of benzene rings is 1. The number of aromatic amines is 1. The van der Waals surface area contributed by atoms with Crippen LogP contribution in [0.1, 0.15) is 5.56 Å². The molecule has 0 bridgehead atoms. The van der Waals surface area contributed by atoms with Crippen LogP contribution < -0.4 is 10.3 Å². The fraction of sp³-hybridized carbons (Fsp3) is 0.0909. The summed E-state index contributed by atoms with van der Waals surface area (Å²) in [5, 5.41) is 14.4. The fourth-order valence-corrected chi connectivity index (χ4v) is 2.98. The quantitative estimate of drug-likeness (QED) is 0.768. The van der Waals surface area contributed by atoms with Crippen molar-refractivity contribution in [2.45, 2.75) is 11.5 Å². The highest BCUT2D eigenvalue weighted by molar-refractivity contribution is 7.92. The molecule has 7 nitrogen and oxygen atoms in total. The maximum Gasteiger partial charge on any atom is 0.266 e. The molecule has 0 fully saturated rings. The Balaban J connectivity index is 2.47. The van der Waals surface area contributed by atoms with Gasteiger partial charge in [0.15, 0.2) is 5.82 Å². The third-order valence-corrected chi connectivity index (χ3v) is 4.03. The minimum Gasteiger partial charge on any atom is -0.392 e. The summed E-state index contributed by atoms with van der Waals surface area (Å²) in [4.78, 5) is 10.1. The Bertz CT molecular complexity index is 817. The van der Waals surface area contributed by atoms with E-state index < -0.39 is 32.9 Å². The molecule has 0 saturated carbocycles. The van der Waals surface area contributed by atoms with Crippen molar-refractivity contribution in [1.29, 1.82) is 0 Å². The van der Waals surface area contributed by atoms with Crippen molar-refractivity contribution >= 4 is 27.4 Å². The molecule has 0 aliphatic heterocycles. The Kier molecular flexibility index (Phi) is 4.26. The lowest BCUT2D eigenvalue weighted by Crippen LogP contribution is -2.18. The molecular formula is C11H9ClFN3O4S. The number of nitrogens with one attached hydrogen (secondary N) is 2. The largest absolute Gasteiger partial charge is 0.392 e. The van der Waals surface area contributed by atoms with Gasteiger partial charge in [0.05, 0.1) is 6.61 Å². The second-order valence-corrected chi connectivity index (χ2v) is 6.03. The second kappa shape index (κ2) is 5.80. The van der Waals surface area contributed by atoms with E-state index in [0.717, 1.165) is 24.3 Å². The average Bonchev–Trinajstić information content (AvgIpc) is 2.43. The van der Waals surface area contributed by atoms with Gasteiger partial charge in [-0.3, -0.25) is 9.52 Å². The first kappa shape index (κ1) is 15.4. The molecule has 0 aliphatic carbocycles. The van der Waals surface area contributed by atoms with Crippen LogP contribution in [-0.2, 0) is 16.6 Å². The van der Waals surface area contributed by atoms with Gasteiger partial charge in [0, 0.05) is 16.7 Å². The molecule has 2 aromatic rings. The Morgan fingerprint density at radius 2 is 2.10 bits per heavy atom. The van der Waals surface area contributed by atoms with Crippen molar-refractivity contribution in [2.24, 2.45) is 0 Å². The molecule has 3 N–H and O–H groups in total. The number of anilines is 1. The standard InChI is InChI=1S/C11H9ClFN3O4S/c12-7-3-6(5-17)11(13)8(4-7)21(19,20)16-9-1-2-10(18)15-14-9/h1-4,17H,5H2,(H,14,16)(H,15,18). The molecule has 0 saturated heterocycles. The number of sulfonamides is 1. The number of aromatic nitrogens is 2. The minimum absolute atomic E-state index is 0.0461. The Hall–Kier alpha value is -1.97. The summed E-state index contributed by atoms with van der Waals surface area (Å²) in [6.45, 7) is -0.703. The van der Waals surface area contributed by atoms with Gasteiger partial charge in [-0.05, 0) is 18.2 Å². The van der Waals surface area contributed by atoms with E-state index in [1.807, 2.05) is 9.82 Å². The topological polar surface area (TPSA) is 112 Å². The molecule has 21 heavy (non-hydrogen) atoms. The van der Waals surface area contributed by atoms with E-state index in [-0.39, 0.29) is 16.4 Å². The number of halogens is 2. The molecule has 1 aromatic carbocycles. The number of aliphatic hydroxyl groups is 1. The Morgan fingerprint density at radius 1 is 1.38 bits per heavy atom. The van der Waals surface area contributed by atoms with E-state index in [0.29, 0.717) is 0 Å². The predicted octanol–water partition coefficient (Wildman–Crippen LogP) is 0.855. The number of aliphatic hydroxyl groups excluding tert-OH is 1. The summed E-state index contributed by atoms with van der Waals surface area (Å²) in [5.41, 5.74) is -0.772. The van der Waals surface area contributed by atoms with Crippen molar-refractivity contribution in [2.75, 3.05) is 4.72 Å². The molecule has 0 aliphatic rings. The van der Waals surface area contributed by atoms with Crippen LogP contribution in [0.25, 0.3) is 0 Å². The molecule has 0 amide bonds. The van der Waals surface area contributed by atoms with Gasteiger partial charge in [-0.1, -0.05) is 11.6 Å². The zero-order valence-corrected chi connectivity index (χ0v) is 11.9. The molecule has 10 heteroatoms. The summed E-state index contributed by atoms with van der Waals surface area (Å²) < 4.78 is 40.2. The van der Waals surface area contributed by atoms with E-state index in [1.54, 1.807) is 0 Å². The van der Waals surface area contributed by atoms with Gasteiger partial charge in [0.25, 0.3) is 15.6 Å². The van der Waals surface area contributed by atoms with Crippen LogP contribution in [0.3, 0.4) is 0 Å². The molecule has 0 unspecified atom stereocenters. The van der Waals surface area contributed by atoms with Crippen LogP contribution >= 0.6 is 11.6 Å². The predicted molar refractivity (Wildman–Crippen MR) is 73.0 cm³/mol. The Morgan fingerprint density at radius 3 is 2.67 bits per heavy atom. The fourth-order valence-electron chi connectivity index (χ4n) is 1.52. The summed E-state index contributed by atoms with van der Waals surface area (Å²) in [6.07, 6.45) is 0. The van der Waals surface area contributed by atoms with E-state index in [9.17, 15) is 17.6 Å². The van der Waals surface area contributed by atoms with Gasteiger partial charge in [0.2, 0.25) is 0 Å². The van der Waals surface area contributed by atoms with Gasteiger partial charge >= 0.3 is 0 Å². The molecule has 2 rings (SSSR count). The highest BCUT2D eigenvalue weighted by Crippen LogP contribution is 2.25. The van der Waals surface area contributed by atoms with Gasteiger partial charge in [-0.25, -0.2) is 17.9 Å². The summed E-state index contributed by atoms with van der Waals surface area (Å²) >= 11 is 5.70. The zero-order chi connectivity index (χ0) is 15.6. The van der Waals surface area contributed by atoms with Crippen molar-refractivity contribution in [3.05, 3.63) is 51.0 Å². The summed E-state index contributed by atoms with van der Waals surface area (Å²) in [6, 6.07) is 4.20. The van der Waals surface area contributed by atoms with Crippen LogP contribution in [0.4, 0.5) is 10.2 Å². The first-order valence-electron chi connectivity index (χ1n) is 5.51.